The minimum absolute atomic E-state index is 0.705. The van der Waals surface area contributed by atoms with Crippen LogP contribution in [-0.2, 0) is 0 Å². The maximum absolute atomic E-state index is 2.36. The summed E-state index contributed by atoms with van der Waals surface area (Å²) in [6, 6.07) is 0. The lowest BCUT2D eigenvalue weighted by molar-refractivity contribution is 0.746. The Bertz CT molecular complexity index is 264. The van der Waals surface area contributed by atoms with Gasteiger partial charge in [0.25, 0.3) is 0 Å². The Morgan fingerprint density at radius 1 is 1.43 bits per heavy atom. The summed E-state index contributed by atoms with van der Waals surface area (Å²) in [5, 5.41) is 0. The molecule has 0 bridgehead atoms. The third kappa shape index (κ3) is 4.27. The zero-order chi connectivity index (χ0) is 10.2. The van der Waals surface area contributed by atoms with E-state index < -0.39 is 0 Å². The van der Waals surface area contributed by atoms with Gasteiger partial charge in [0.15, 0.2) is 0 Å². The van der Waals surface area contributed by atoms with E-state index in [9.17, 15) is 0 Å². The summed E-state index contributed by atoms with van der Waals surface area (Å²) in [6.45, 7) is 4.32. The Kier molecular flexibility index (Phi) is 5.06. The van der Waals surface area contributed by atoms with E-state index >= 15 is 0 Å². The van der Waals surface area contributed by atoms with Crippen molar-refractivity contribution in [1.29, 1.82) is 0 Å². The zero-order valence-corrected chi connectivity index (χ0v) is 9.24. The van der Waals surface area contributed by atoms with Gasteiger partial charge in [-0.05, 0) is 37.7 Å². The Labute approximate surface area is 87.7 Å². The van der Waals surface area contributed by atoms with Crippen LogP contribution in [0.2, 0.25) is 0 Å². The van der Waals surface area contributed by atoms with Gasteiger partial charge in [0.2, 0.25) is 0 Å². The lowest BCUT2D eigenvalue weighted by Crippen LogP contribution is -1.83. The van der Waals surface area contributed by atoms with Crippen molar-refractivity contribution in [1.82, 2.24) is 0 Å². The van der Waals surface area contributed by atoms with E-state index in [1.165, 1.54) is 12.0 Å². The van der Waals surface area contributed by atoms with Gasteiger partial charge in [0.1, 0.15) is 0 Å². The van der Waals surface area contributed by atoms with Crippen LogP contribution in [0.15, 0.2) is 48.1 Å². The minimum Gasteiger partial charge on any atom is -0.0914 e. The lowest BCUT2D eigenvalue weighted by atomic mass is 10.1. The Hall–Kier alpha value is -1.04. The third-order valence-corrected chi connectivity index (χ3v) is 2.41. The summed E-state index contributed by atoms with van der Waals surface area (Å²) in [6.07, 6.45) is 19.0. The quantitative estimate of drug-likeness (QED) is 0.575. The smallest absolute Gasteiger partial charge is 0.0101 e. The summed E-state index contributed by atoms with van der Waals surface area (Å²) >= 11 is 0. The normalized spacial score (nSPS) is 23.0. The Morgan fingerprint density at radius 2 is 2.29 bits per heavy atom. The van der Waals surface area contributed by atoms with Gasteiger partial charge in [-0.1, -0.05) is 49.5 Å². The van der Waals surface area contributed by atoms with Crippen LogP contribution >= 0.6 is 0 Å². The van der Waals surface area contributed by atoms with Crippen molar-refractivity contribution >= 4 is 0 Å². The summed E-state index contributed by atoms with van der Waals surface area (Å²) in [7, 11) is 0. The van der Waals surface area contributed by atoms with E-state index in [1.807, 2.05) is 0 Å². The summed E-state index contributed by atoms with van der Waals surface area (Å²) in [5.74, 6) is 0.705. The van der Waals surface area contributed by atoms with Crippen molar-refractivity contribution in [2.45, 2.75) is 33.1 Å². The molecule has 0 N–H and O–H groups in total. The van der Waals surface area contributed by atoms with Crippen molar-refractivity contribution in [2.24, 2.45) is 5.92 Å². The molecule has 0 aromatic heterocycles. The van der Waals surface area contributed by atoms with E-state index in [-0.39, 0.29) is 0 Å². The van der Waals surface area contributed by atoms with E-state index in [1.54, 1.807) is 0 Å². The number of hydrogen-bond acceptors (Lipinski definition) is 0. The number of rotatable bonds is 3. The molecule has 14 heavy (non-hydrogen) atoms. The van der Waals surface area contributed by atoms with Crippen molar-refractivity contribution in [3.05, 3.63) is 48.1 Å². The SMILES string of the molecule is C/C=C\C/C=C/C1=CCC(C)C=CC1. The molecule has 0 nitrogen and oxygen atoms in total. The molecule has 0 aromatic rings. The molecule has 1 aliphatic carbocycles. The van der Waals surface area contributed by atoms with Crippen molar-refractivity contribution in [3.63, 3.8) is 0 Å². The van der Waals surface area contributed by atoms with Crippen molar-refractivity contribution in [3.8, 4) is 0 Å². The monoisotopic (exact) mass is 188 g/mol. The molecule has 0 amide bonds. The van der Waals surface area contributed by atoms with Crippen LogP contribution in [0.5, 0.6) is 0 Å². The highest BCUT2D eigenvalue weighted by atomic mass is 14.0. The van der Waals surface area contributed by atoms with Crippen LogP contribution in [0.3, 0.4) is 0 Å². The third-order valence-electron chi connectivity index (χ3n) is 2.41. The summed E-state index contributed by atoms with van der Waals surface area (Å²) in [5.41, 5.74) is 1.45. The van der Waals surface area contributed by atoms with Crippen LogP contribution in [0.1, 0.15) is 33.1 Å². The Balaban J connectivity index is 2.44. The molecule has 1 unspecified atom stereocenters. The maximum Gasteiger partial charge on any atom is -0.0101 e. The van der Waals surface area contributed by atoms with Gasteiger partial charge < -0.3 is 0 Å². The molecule has 0 saturated carbocycles. The highest BCUT2D eigenvalue weighted by Crippen LogP contribution is 2.16. The molecule has 1 rings (SSSR count). The van der Waals surface area contributed by atoms with Crippen LogP contribution in [0, 0.1) is 5.92 Å². The first-order valence-electron chi connectivity index (χ1n) is 5.46. The first kappa shape index (κ1) is 11.0. The topological polar surface area (TPSA) is 0 Å². The first-order valence-corrected chi connectivity index (χ1v) is 5.46. The molecule has 1 atom stereocenters. The molecular weight excluding hydrogens is 168 g/mol. The van der Waals surface area contributed by atoms with E-state index in [4.69, 9.17) is 0 Å². The van der Waals surface area contributed by atoms with Gasteiger partial charge in [-0.25, -0.2) is 0 Å². The molecule has 0 heteroatoms. The van der Waals surface area contributed by atoms with Gasteiger partial charge in [-0.15, -0.1) is 0 Å². The fraction of sp³-hybridized carbons (Fsp3) is 0.429. The number of hydrogen-bond donors (Lipinski definition) is 0. The average molecular weight is 188 g/mol. The fourth-order valence-corrected chi connectivity index (χ4v) is 1.51. The Morgan fingerprint density at radius 3 is 3.07 bits per heavy atom. The molecule has 76 valence electrons. The fourth-order valence-electron chi connectivity index (χ4n) is 1.51. The second kappa shape index (κ2) is 6.42. The van der Waals surface area contributed by atoms with E-state index in [2.05, 4.69) is 56.4 Å². The molecule has 0 saturated heterocycles. The predicted molar refractivity (Wildman–Crippen MR) is 64.2 cm³/mol. The predicted octanol–water partition coefficient (Wildman–Crippen LogP) is 4.42. The maximum atomic E-state index is 2.36. The molecule has 0 aromatic carbocycles. The van der Waals surface area contributed by atoms with Gasteiger partial charge >= 0.3 is 0 Å². The van der Waals surface area contributed by atoms with Gasteiger partial charge in [-0.2, -0.15) is 0 Å². The van der Waals surface area contributed by atoms with Crippen LogP contribution in [0.25, 0.3) is 0 Å². The van der Waals surface area contributed by atoms with Crippen LogP contribution < -0.4 is 0 Å². The van der Waals surface area contributed by atoms with Crippen molar-refractivity contribution in [2.75, 3.05) is 0 Å². The molecule has 1 aliphatic rings. The molecule has 0 spiro atoms. The van der Waals surface area contributed by atoms with Gasteiger partial charge in [0, 0.05) is 0 Å². The largest absolute Gasteiger partial charge is 0.0914 e. The second-order valence-corrected chi connectivity index (χ2v) is 3.83. The standard InChI is InChI=1S/C14H20/c1-3-4-5-6-9-14-10-7-8-13(2)11-12-14/h3-4,6-9,12-13H,5,10-11H2,1-2H3/b4-3-,9-6+. The highest BCUT2D eigenvalue weighted by Gasteiger charge is 1.99. The summed E-state index contributed by atoms with van der Waals surface area (Å²) < 4.78 is 0. The number of allylic oxidation sites excluding steroid dienone is 8. The lowest BCUT2D eigenvalue weighted by Gasteiger charge is -1.97. The molecule has 0 radical (unpaired) electrons. The molecule has 0 fully saturated rings. The second-order valence-electron chi connectivity index (χ2n) is 3.83. The van der Waals surface area contributed by atoms with E-state index in [0.717, 1.165) is 12.8 Å². The van der Waals surface area contributed by atoms with Gasteiger partial charge in [-0.3, -0.25) is 0 Å². The summed E-state index contributed by atoms with van der Waals surface area (Å²) in [4.78, 5) is 0. The zero-order valence-electron chi connectivity index (χ0n) is 9.24. The van der Waals surface area contributed by atoms with E-state index in [0.29, 0.717) is 5.92 Å². The molecule has 0 aliphatic heterocycles. The van der Waals surface area contributed by atoms with Gasteiger partial charge in [0.05, 0.1) is 0 Å². The molecule has 0 heterocycles. The van der Waals surface area contributed by atoms with Crippen molar-refractivity contribution < 1.29 is 0 Å². The van der Waals surface area contributed by atoms with Crippen LogP contribution in [-0.4, -0.2) is 0 Å². The average Bonchev–Trinajstić information content (AvgIpc) is 2.38. The van der Waals surface area contributed by atoms with Crippen LogP contribution in [0.4, 0.5) is 0 Å². The highest BCUT2D eigenvalue weighted by molar-refractivity contribution is 5.24. The first-order chi connectivity index (χ1) is 6.83. The minimum atomic E-state index is 0.705. The molecular formula is C14H20.